The van der Waals surface area contributed by atoms with Gasteiger partial charge < -0.3 is 10.2 Å². The number of carbonyl (C=O) groups excluding carboxylic acids is 1. The molecule has 1 saturated heterocycles. The van der Waals surface area contributed by atoms with Crippen molar-refractivity contribution < 1.29 is 4.79 Å². The minimum Gasteiger partial charge on any atom is -0.323 e. The van der Waals surface area contributed by atoms with E-state index in [4.69, 9.17) is 11.6 Å². The van der Waals surface area contributed by atoms with Crippen LogP contribution in [0, 0.1) is 5.92 Å². The van der Waals surface area contributed by atoms with Gasteiger partial charge in [-0.05, 0) is 37.9 Å². The van der Waals surface area contributed by atoms with E-state index >= 15 is 0 Å². The van der Waals surface area contributed by atoms with Crippen LogP contribution >= 0.6 is 11.6 Å². The fraction of sp³-hybridized carbons (Fsp3) is 0.611. The summed E-state index contributed by atoms with van der Waals surface area (Å²) in [4.78, 5) is 17.2. The van der Waals surface area contributed by atoms with Crippen LogP contribution in [0.1, 0.15) is 27.2 Å². The number of benzene rings is 1. The van der Waals surface area contributed by atoms with Crippen LogP contribution < -0.4 is 5.32 Å². The maximum absolute atomic E-state index is 12.4. The van der Waals surface area contributed by atoms with E-state index in [9.17, 15) is 4.79 Å². The first-order chi connectivity index (χ1) is 11.0. The van der Waals surface area contributed by atoms with Gasteiger partial charge in [0.05, 0.1) is 16.8 Å². The van der Waals surface area contributed by atoms with Gasteiger partial charge in [0.15, 0.2) is 0 Å². The quantitative estimate of drug-likeness (QED) is 0.864. The summed E-state index contributed by atoms with van der Waals surface area (Å²) in [6.07, 6.45) is 1.24. The lowest BCUT2D eigenvalue weighted by Gasteiger charge is -2.37. The van der Waals surface area contributed by atoms with Gasteiger partial charge in [0, 0.05) is 26.2 Å². The highest BCUT2D eigenvalue weighted by Crippen LogP contribution is 2.21. The molecule has 5 heteroatoms. The molecule has 1 aliphatic heterocycles. The minimum atomic E-state index is -0.140. The topological polar surface area (TPSA) is 35.6 Å². The largest absolute Gasteiger partial charge is 0.323 e. The second kappa shape index (κ2) is 8.67. The van der Waals surface area contributed by atoms with Gasteiger partial charge in [0.1, 0.15) is 0 Å². The van der Waals surface area contributed by atoms with Crippen LogP contribution in [0.25, 0.3) is 0 Å². The number of hydrogen-bond donors (Lipinski definition) is 1. The summed E-state index contributed by atoms with van der Waals surface area (Å²) in [5.41, 5.74) is 0.682. The molecule has 0 spiro atoms. The number of rotatable bonds is 6. The molecular formula is C18H28ClN3O. The number of amides is 1. The Morgan fingerprint density at radius 2 is 1.83 bits per heavy atom. The highest BCUT2D eigenvalue weighted by Gasteiger charge is 2.25. The Morgan fingerprint density at radius 1 is 1.17 bits per heavy atom. The number of nitrogens with zero attached hydrogens (tertiary/aromatic N) is 2. The Balaban J connectivity index is 1.81. The smallest absolute Gasteiger partial charge is 0.241 e. The van der Waals surface area contributed by atoms with Gasteiger partial charge in [-0.1, -0.05) is 37.6 Å². The molecule has 2 rings (SSSR count). The zero-order chi connectivity index (χ0) is 16.8. The number of hydrogen-bond acceptors (Lipinski definition) is 3. The van der Waals surface area contributed by atoms with Crippen molar-refractivity contribution in [2.24, 2.45) is 5.92 Å². The van der Waals surface area contributed by atoms with Gasteiger partial charge in [-0.2, -0.15) is 0 Å². The molecule has 0 bridgehead atoms. The van der Waals surface area contributed by atoms with Crippen LogP contribution in [-0.2, 0) is 4.79 Å². The van der Waals surface area contributed by atoms with Crippen molar-refractivity contribution in [2.45, 2.75) is 33.2 Å². The van der Waals surface area contributed by atoms with Crippen molar-refractivity contribution in [3.63, 3.8) is 0 Å². The lowest BCUT2D eigenvalue weighted by molar-refractivity contribution is -0.121. The van der Waals surface area contributed by atoms with E-state index in [0.29, 0.717) is 10.7 Å². The first-order valence-corrected chi connectivity index (χ1v) is 8.87. The van der Waals surface area contributed by atoms with E-state index in [1.807, 2.05) is 25.1 Å². The van der Waals surface area contributed by atoms with Crippen LogP contribution in [0.5, 0.6) is 0 Å². The molecule has 0 saturated carbocycles. The maximum atomic E-state index is 12.4. The zero-order valence-corrected chi connectivity index (χ0v) is 15.1. The molecular weight excluding hydrogens is 310 g/mol. The lowest BCUT2D eigenvalue weighted by atomic mass is 10.1. The molecule has 1 heterocycles. The predicted octanol–water partition coefficient (Wildman–Crippen LogP) is 3.33. The SMILES string of the molecule is CC(C)CCN1CCN([C@@H](C)C(=O)Nc2ccccc2Cl)CC1. The second-order valence-corrected chi connectivity index (χ2v) is 7.11. The van der Waals surface area contributed by atoms with Gasteiger partial charge in [0.25, 0.3) is 0 Å². The Hall–Kier alpha value is -1.10. The number of nitrogens with one attached hydrogen (secondary N) is 1. The van der Waals surface area contributed by atoms with Crippen LogP contribution in [0.2, 0.25) is 5.02 Å². The molecule has 1 N–H and O–H groups in total. The van der Waals surface area contributed by atoms with Crippen molar-refractivity contribution in [2.75, 3.05) is 38.0 Å². The van der Waals surface area contributed by atoms with Crippen molar-refractivity contribution in [3.8, 4) is 0 Å². The summed E-state index contributed by atoms with van der Waals surface area (Å²) in [6.45, 7) is 11.6. The molecule has 0 aliphatic carbocycles. The van der Waals surface area contributed by atoms with E-state index in [-0.39, 0.29) is 11.9 Å². The van der Waals surface area contributed by atoms with E-state index in [2.05, 4.69) is 29.0 Å². The number of carbonyl (C=O) groups is 1. The molecule has 1 fully saturated rings. The van der Waals surface area contributed by atoms with Crippen molar-refractivity contribution >= 4 is 23.2 Å². The van der Waals surface area contributed by atoms with Gasteiger partial charge in [-0.15, -0.1) is 0 Å². The zero-order valence-electron chi connectivity index (χ0n) is 14.4. The third-order valence-electron chi connectivity index (χ3n) is 4.49. The van der Waals surface area contributed by atoms with Gasteiger partial charge >= 0.3 is 0 Å². The molecule has 23 heavy (non-hydrogen) atoms. The highest BCUT2D eigenvalue weighted by molar-refractivity contribution is 6.33. The van der Waals surface area contributed by atoms with Crippen LogP contribution in [0.4, 0.5) is 5.69 Å². The molecule has 128 valence electrons. The third kappa shape index (κ3) is 5.48. The molecule has 0 unspecified atom stereocenters. The summed E-state index contributed by atoms with van der Waals surface area (Å²) < 4.78 is 0. The molecule has 1 amide bonds. The molecule has 0 aromatic heterocycles. The van der Waals surface area contributed by atoms with Crippen molar-refractivity contribution in [1.82, 2.24) is 9.80 Å². The van der Waals surface area contributed by atoms with Crippen molar-refractivity contribution in [1.29, 1.82) is 0 Å². The highest BCUT2D eigenvalue weighted by atomic mass is 35.5. The van der Waals surface area contributed by atoms with E-state index in [0.717, 1.165) is 38.6 Å². The Labute approximate surface area is 144 Å². The van der Waals surface area contributed by atoms with E-state index in [1.54, 1.807) is 6.07 Å². The lowest BCUT2D eigenvalue weighted by Crippen LogP contribution is -2.52. The maximum Gasteiger partial charge on any atom is 0.241 e. The van der Waals surface area contributed by atoms with E-state index in [1.165, 1.54) is 6.42 Å². The Kier molecular flexibility index (Phi) is 6.88. The molecule has 1 atom stereocenters. The van der Waals surface area contributed by atoms with Gasteiger partial charge in [0.2, 0.25) is 5.91 Å². The standard InChI is InChI=1S/C18H28ClN3O/c1-14(2)8-9-21-10-12-22(13-11-21)15(3)18(23)20-17-7-5-4-6-16(17)19/h4-7,14-15H,8-13H2,1-3H3,(H,20,23)/t15-/m0/s1. The molecule has 0 radical (unpaired) electrons. The van der Waals surface area contributed by atoms with Crippen LogP contribution in [-0.4, -0.2) is 54.5 Å². The Bertz CT molecular complexity index is 513. The number of anilines is 1. The minimum absolute atomic E-state index is 0.00808. The summed E-state index contributed by atoms with van der Waals surface area (Å²) in [5.74, 6) is 0.752. The number of para-hydroxylation sites is 1. The molecule has 1 aliphatic rings. The normalized spacial score (nSPS) is 18.1. The van der Waals surface area contributed by atoms with Crippen LogP contribution in [0.3, 0.4) is 0 Å². The molecule has 4 nitrogen and oxygen atoms in total. The Morgan fingerprint density at radius 3 is 2.43 bits per heavy atom. The van der Waals surface area contributed by atoms with Crippen molar-refractivity contribution in [3.05, 3.63) is 29.3 Å². The average molecular weight is 338 g/mol. The third-order valence-corrected chi connectivity index (χ3v) is 4.82. The number of halogens is 1. The predicted molar refractivity (Wildman–Crippen MR) is 97.0 cm³/mol. The summed E-state index contributed by atoms with van der Waals surface area (Å²) in [7, 11) is 0. The summed E-state index contributed by atoms with van der Waals surface area (Å²) in [5, 5.41) is 3.51. The van der Waals surface area contributed by atoms with Gasteiger partial charge in [-0.3, -0.25) is 9.69 Å². The average Bonchev–Trinajstić information content (AvgIpc) is 2.54. The first-order valence-electron chi connectivity index (χ1n) is 8.49. The molecule has 1 aromatic rings. The van der Waals surface area contributed by atoms with E-state index < -0.39 is 0 Å². The fourth-order valence-electron chi connectivity index (χ4n) is 2.78. The van der Waals surface area contributed by atoms with Crippen LogP contribution in [0.15, 0.2) is 24.3 Å². The fourth-order valence-corrected chi connectivity index (χ4v) is 2.96. The first kappa shape index (κ1) is 18.2. The summed E-state index contributed by atoms with van der Waals surface area (Å²) in [6, 6.07) is 7.21. The monoisotopic (exact) mass is 337 g/mol. The second-order valence-electron chi connectivity index (χ2n) is 6.71. The number of piperazine rings is 1. The van der Waals surface area contributed by atoms with Gasteiger partial charge in [-0.25, -0.2) is 0 Å². The summed E-state index contributed by atoms with van der Waals surface area (Å²) >= 11 is 6.10. The molecule has 1 aromatic carbocycles.